The van der Waals surface area contributed by atoms with Crippen molar-refractivity contribution in [2.75, 3.05) is 0 Å². The third-order valence-electron chi connectivity index (χ3n) is 2.78. The Bertz CT molecular complexity index is 657. The summed E-state index contributed by atoms with van der Waals surface area (Å²) in [6, 6.07) is 9.57. The van der Waals surface area contributed by atoms with Gasteiger partial charge in [-0.3, -0.25) is 4.79 Å². The van der Waals surface area contributed by atoms with Crippen LogP contribution in [0.4, 0.5) is 8.78 Å². The summed E-state index contributed by atoms with van der Waals surface area (Å²) < 4.78 is 32.5. The molecule has 3 nitrogen and oxygen atoms in total. The number of aryl methyl sites for hydroxylation is 1. The first-order valence-electron chi connectivity index (χ1n) is 6.95. The van der Waals surface area contributed by atoms with Crippen molar-refractivity contribution in [3.63, 3.8) is 0 Å². The molecule has 0 radical (unpaired) electrons. The molecule has 118 valence electrons. The van der Waals surface area contributed by atoms with Crippen molar-refractivity contribution in [1.29, 1.82) is 0 Å². The number of hydrogen-bond donors (Lipinski definition) is 1. The first kappa shape index (κ1) is 17.6. The van der Waals surface area contributed by atoms with E-state index in [4.69, 9.17) is 10.5 Å². The molecule has 0 bridgehead atoms. The molecule has 2 aromatic rings. The second kappa shape index (κ2) is 8.12. The van der Waals surface area contributed by atoms with E-state index in [2.05, 4.69) is 0 Å². The minimum atomic E-state index is -1.17. The third-order valence-corrected chi connectivity index (χ3v) is 2.78. The lowest BCUT2D eigenvalue weighted by Gasteiger charge is -2.10. The van der Waals surface area contributed by atoms with Gasteiger partial charge in [-0.25, -0.2) is 8.78 Å². The van der Waals surface area contributed by atoms with Crippen LogP contribution in [0, 0.1) is 18.6 Å². The maximum Gasteiger partial charge on any atom is 0.254 e. The minimum absolute atomic E-state index is 0.114. The van der Waals surface area contributed by atoms with Gasteiger partial charge in [0.05, 0.1) is 0 Å². The molecule has 1 amide bonds. The molecule has 0 aliphatic rings. The van der Waals surface area contributed by atoms with Crippen LogP contribution in [0.2, 0.25) is 0 Å². The van der Waals surface area contributed by atoms with Gasteiger partial charge in [0, 0.05) is 0 Å². The highest BCUT2D eigenvalue weighted by molar-refractivity contribution is 5.93. The molecule has 0 saturated carbocycles. The van der Waals surface area contributed by atoms with Crippen LogP contribution >= 0.6 is 0 Å². The van der Waals surface area contributed by atoms with E-state index >= 15 is 0 Å². The van der Waals surface area contributed by atoms with Crippen LogP contribution in [0.1, 0.15) is 35.3 Å². The highest BCUT2D eigenvalue weighted by atomic mass is 19.1. The van der Waals surface area contributed by atoms with E-state index in [0.717, 1.165) is 23.3 Å². The van der Waals surface area contributed by atoms with E-state index in [1.54, 1.807) is 0 Å². The number of hydrogen-bond acceptors (Lipinski definition) is 2. The zero-order chi connectivity index (χ0) is 16.7. The summed E-state index contributed by atoms with van der Waals surface area (Å²) in [6.07, 6.45) is 0. The van der Waals surface area contributed by atoms with Crippen LogP contribution in [0.3, 0.4) is 0 Å². The summed E-state index contributed by atoms with van der Waals surface area (Å²) in [5.41, 5.74) is 6.04. The molecule has 0 spiro atoms. The fourth-order valence-corrected chi connectivity index (χ4v) is 1.83. The van der Waals surface area contributed by atoms with E-state index in [-0.39, 0.29) is 12.4 Å². The molecule has 22 heavy (non-hydrogen) atoms. The number of rotatable bonds is 4. The largest absolute Gasteiger partial charge is 0.486 e. The number of benzene rings is 2. The van der Waals surface area contributed by atoms with Crippen molar-refractivity contribution in [2.45, 2.75) is 27.4 Å². The molecule has 2 rings (SSSR count). The molecule has 0 unspecified atom stereocenters. The smallest absolute Gasteiger partial charge is 0.254 e. The number of amides is 1. The Kier molecular flexibility index (Phi) is 6.50. The van der Waals surface area contributed by atoms with Gasteiger partial charge in [0.2, 0.25) is 0 Å². The molecular weight excluding hydrogens is 288 g/mol. The SMILES string of the molecule is CC.Cc1cccc(COc2ccc(F)c(C(N)=O)c2F)c1. The minimum Gasteiger partial charge on any atom is -0.486 e. The Hall–Kier alpha value is -2.43. The highest BCUT2D eigenvalue weighted by Gasteiger charge is 2.19. The monoisotopic (exact) mass is 307 g/mol. The second-order valence-corrected chi connectivity index (χ2v) is 4.38. The van der Waals surface area contributed by atoms with E-state index in [0.29, 0.717) is 0 Å². The Morgan fingerprint density at radius 3 is 2.45 bits per heavy atom. The maximum atomic E-state index is 13.9. The quantitative estimate of drug-likeness (QED) is 0.929. The van der Waals surface area contributed by atoms with Crippen molar-refractivity contribution >= 4 is 5.91 Å². The molecule has 0 aliphatic carbocycles. The summed E-state index contributed by atoms with van der Waals surface area (Å²) >= 11 is 0. The van der Waals surface area contributed by atoms with Gasteiger partial charge in [-0.2, -0.15) is 0 Å². The Morgan fingerprint density at radius 2 is 1.86 bits per heavy atom. The molecule has 0 fully saturated rings. The third kappa shape index (κ3) is 4.28. The molecular formula is C17H19F2NO2. The Morgan fingerprint density at radius 1 is 1.18 bits per heavy atom. The van der Waals surface area contributed by atoms with Crippen LogP contribution in [0.15, 0.2) is 36.4 Å². The van der Waals surface area contributed by atoms with Crippen molar-refractivity contribution in [3.8, 4) is 5.75 Å². The molecule has 2 aromatic carbocycles. The Labute approximate surface area is 128 Å². The number of carbonyl (C=O) groups is 1. The van der Waals surface area contributed by atoms with E-state index in [9.17, 15) is 13.6 Å². The predicted molar refractivity (Wildman–Crippen MR) is 81.7 cm³/mol. The first-order chi connectivity index (χ1) is 10.5. The fourth-order valence-electron chi connectivity index (χ4n) is 1.83. The van der Waals surface area contributed by atoms with Gasteiger partial charge in [0.15, 0.2) is 11.6 Å². The molecule has 0 heterocycles. The number of carbonyl (C=O) groups excluding carboxylic acids is 1. The lowest BCUT2D eigenvalue weighted by Crippen LogP contribution is -2.16. The average molecular weight is 307 g/mol. The number of halogens is 2. The topological polar surface area (TPSA) is 52.3 Å². The summed E-state index contributed by atoms with van der Waals surface area (Å²) in [6.45, 7) is 6.04. The van der Waals surface area contributed by atoms with Gasteiger partial charge in [0.25, 0.3) is 5.91 Å². The fraction of sp³-hybridized carbons (Fsp3) is 0.235. The summed E-state index contributed by atoms with van der Waals surface area (Å²) in [5, 5.41) is 0. The summed E-state index contributed by atoms with van der Waals surface area (Å²) in [4.78, 5) is 11.0. The number of ether oxygens (including phenoxy) is 1. The van der Waals surface area contributed by atoms with E-state index in [1.807, 2.05) is 45.0 Å². The average Bonchev–Trinajstić information content (AvgIpc) is 2.48. The van der Waals surface area contributed by atoms with Crippen molar-refractivity contribution in [2.24, 2.45) is 5.73 Å². The van der Waals surface area contributed by atoms with Crippen LogP contribution < -0.4 is 10.5 Å². The van der Waals surface area contributed by atoms with Crippen LogP contribution in [-0.4, -0.2) is 5.91 Å². The van der Waals surface area contributed by atoms with Gasteiger partial charge >= 0.3 is 0 Å². The van der Waals surface area contributed by atoms with Crippen molar-refractivity contribution in [1.82, 2.24) is 0 Å². The number of primary amides is 1. The molecule has 0 aromatic heterocycles. The zero-order valence-corrected chi connectivity index (χ0v) is 12.8. The lowest BCUT2D eigenvalue weighted by molar-refractivity contribution is 0.0991. The van der Waals surface area contributed by atoms with Gasteiger partial charge in [0.1, 0.15) is 18.0 Å². The first-order valence-corrected chi connectivity index (χ1v) is 6.95. The van der Waals surface area contributed by atoms with E-state index in [1.165, 1.54) is 0 Å². The number of nitrogens with two attached hydrogens (primary N) is 1. The zero-order valence-electron chi connectivity index (χ0n) is 12.8. The van der Waals surface area contributed by atoms with Crippen LogP contribution in [0.25, 0.3) is 0 Å². The van der Waals surface area contributed by atoms with Crippen LogP contribution in [-0.2, 0) is 6.61 Å². The van der Waals surface area contributed by atoms with Gasteiger partial charge in [-0.05, 0) is 24.6 Å². The van der Waals surface area contributed by atoms with Gasteiger partial charge in [-0.15, -0.1) is 0 Å². The molecule has 0 saturated heterocycles. The second-order valence-electron chi connectivity index (χ2n) is 4.38. The Balaban J connectivity index is 0.00000116. The highest BCUT2D eigenvalue weighted by Crippen LogP contribution is 2.24. The van der Waals surface area contributed by atoms with Crippen molar-refractivity contribution in [3.05, 3.63) is 64.7 Å². The lowest BCUT2D eigenvalue weighted by atomic mass is 10.1. The van der Waals surface area contributed by atoms with Gasteiger partial charge < -0.3 is 10.5 Å². The molecule has 0 aliphatic heterocycles. The standard InChI is InChI=1S/C15H13F2NO2.C2H6/c1-9-3-2-4-10(7-9)8-20-12-6-5-11(16)13(14(12)17)15(18)19;1-2/h2-7H,8H2,1H3,(H2,18,19);1-2H3. The van der Waals surface area contributed by atoms with Crippen molar-refractivity contribution < 1.29 is 18.3 Å². The maximum absolute atomic E-state index is 13.9. The predicted octanol–water partition coefficient (Wildman–Crippen LogP) is 3.98. The van der Waals surface area contributed by atoms with Crippen LogP contribution in [0.5, 0.6) is 5.75 Å². The molecule has 2 N–H and O–H groups in total. The van der Waals surface area contributed by atoms with E-state index < -0.39 is 23.1 Å². The van der Waals surface area contributed by atoms with Gasteiger partial charge in [-0.1, -0.05) is 43.7 Å². The summed E-state index contributed by atoms with van der Waals surface area (Å²) in [5.74, 6) is -3.45. The summed E-state index contributed by atoms with van der Waals surface area (Å²) in [7, 11) is 0. The molecule has 0 atom stereocenters. The molecule has 5 heteroatoms. The normalized spacial score (nSPS) is 9.68.